The van der Waals surface area contributed by atoms with Crippen LogP contribution >= 0.6 is 0 Å². The highest BCUT2D eigenvalue weighted by molar-refractivity contribution is 5.30. The van der Waals surface area contributed by atoms with Crippen LogP contribution in [0.4, 0.5) is 0 Å². The predicted octanol–water partition coefficient (Wildman–Crippen LogP) is 3.02. The van der Waals surface area contributed by atoms with E-state index in [0.717, 1.165) is 32.5 Å². The first-order chi connectivity index (χ1) is 8.13. The molecule has 0 heterocycles. The minimum atomic E-state index is -0.254. The Morgan fingerprint density at radius 2 is 2.06 bits per heavy atom. The Kier molecular flexibility index (Phi) is 6.23. The zero-order chi connectivity index (χ0) is 12.7. The number of aliphatic hydroxyl groups is 1. The van der Waals surface area contributed by atoms with E-state index in [9.17, 15) is 5.11 Å². The summed E-state index contributed by atoms with van der Waals surface area (Å²) in [5.41, 5.74) is 3.78. The topological polar surface area (TPSA) is 29.5 Å². The normalized spacial score (nSPS) is 12.7. The molecule has 17 heavy (non-hydrogen) atoms. The number of aryl methyl sites for hydroxylation is 2. The molecule has 2 heteroatoms. The van der Waals surface area contributed by atoms with Crippen LogP contribution in [0.15, 0.2) is 18.2 Å². The lowest BCUT2D eigenvalue weighted by Gasteiger charge is -2.13. The molecule has 1 atom stereocenters. The highest BCUT2D eigenvalue weighted by Gasteiger charge is 2.07. The fourth-order valence-corrected chi connectivity index (χ4v) is 1.94. The van der Waals surface area contributed by atoms with Crippen LogP contribution in [0.1, 0.15) is 36.5 Å². The van der Waals surface area contributed by atoms with Gasteiger partial charge in [-0.1, -0.05) is 23.8 Å². The molecule has 0 spiro atoms. The Morgan fingerprint density at radius 3 is 2.76 bits per heavy atom. The molecule has 0 radical (unpaired) electrons. The van der Waals surface area contributed by atoms with Gasteiger partial charge in [-0.25, -0.2) is 0 Å². The quantitative estimate of drug-likeness (QED) is 0.737. The second kappa shape index (κ2) is 7.46. The third kappa shape index (κ3) is 5.33. The van der Waals surface area contributed by atoms with Crippen molar-refractivity contribution in [3.8, 4) is 0 Å². The maximum atomic E-state index is 9.96. The number of hydrogen-bond donors (Lipinski definition) is 1. The van der Waals surface area contributed by atoms with Crippen molar-refractivity contribution in [3.05, 3.63) is 34.9 Å². The van der Waals surface area contributed by atoms with Gasteiger partial charge in [-0.2, -0.15) is 0 Å². The molecular formula is C15H24O2. The summed E-state index contributed by atoms with van der Waals surface area (Å²) in [5.74, 6) is 0. The molecule has 96 valence electrons. The zero-order valence-corrected chi connectivity index (χ0v) is 11.2. The maximum Gasteiger partial charge on any atom is 0.0581 e. The predicted molar refractivity (Wildman–Crippen MR) is 71.4 cm³/mol. The van der Waals surface area contributed by atoms with Gasteiger partial charge in [-0.05, 0) is 51.2 Å². The summed E-state index contributed by atoms with van der Waals surface area (Å²) in [7, 11) is 0. The molecule has 0 aromatic heterocycles. The minimum Gasteiger partial charge on any atom is -0.393 e. The maximum absolute atomic E-state index is 9.96. The molecule has 1 aromatic rings. The van der Waals surface area contributed by atoms with Crippen LogP contribution in [-0.2, 0) is 11.2 Å². The van der Waals surface area contributed by atoms with Gasteiger partial charge in [0.15, 0.2) is 0 Å². The van der Waals surface area contributed by atoms with Crippen LogP contribution < -0.4 is 0 Å². The highest BCUT2D eigenvalue weighted by Crippen LogP contribution is 2.14. The second-order valence-electron chi connectivity index (χ2n) is 4.63. The van der Waals surface area contributed by atoms with Gasteiger partial charge in [-0.3, -0.25) is 0 Å². The van der Waals surface area contributed by atoms with Crippen LogP contribution in [0.2, 0.25) is 0 Å². The van der Waals surface area contributed by atoms with E-state index in [-0.39, 0.29) is 6.10 Å². The third-order valence-corrected chi connectivity index (χ3v) is 2.99. The van der Waals surface area contributed by atoms with Crippen molar-refractivity contribution in [2.75, 3.05) is 13.2 Å². The summed E-state index contributed by atoms with van der Waals surface area (Å²) >= 11 is 0. The molecule has 2 nitrogen and oxygen atoms in total. The number of ether oxygens (including phenoxy) is 1. The van der Waals surface area contributed by atoms with Crippen LogP contribution in [0, 0.1) is 13.8 Å². The fourth-order valence-electron chi connectivity index (χ4n) is 1.94. The number of hydrogen-bond acceptors (Lipinski definition) is 2. The first-order valence-corrected chi connectivity index (χ1v) is 6.45. The SMILES string of the molecule is CCOCCCC(O)Cc1cc(C)ccc1C. The third-order valence-electron chi connectivity index (χ3n) is 2.99. The Hall–Kier alpha value is -0.860. The van der Waals surface area contributed by atoms with Crippen molar-refractivity contribution in [3.63, 3.8) is 0 Å². The molecule has 0 bridgehead atoms. The summed E-state index contributed by atoms with van der Waals surface area (Å²) in [5, 5.41) is 9.96. The summed E-state index contributed by atoms with van der Waals surface area (Å²) in [4.78, 5) is 0. The summed E-state index contributed by atoms with van der Waals surface area (Å²) in [6.07, 6.45) is 2.24. The van der Waals surface area contributed by atoms with Gasteiger partial charge >= 0.3 is 0 Å². The molecule has 1 N–H and O–H groups in total. The molecule has 1 rings (SSSR count). The van der Waals surface area contributed by atoms with E-state index in [4.69, 9.17) is 4.74 Å². The second-order valence-corrected chi connectivity index (χ2v) is 4.63. The Bertz CT molecular complexity index is 334. The minimum absolute atomic E-state index is 0.254. The average Bonchev–Trinajstić information content (AvgIpc) is 2.29. The molecule has 0 aliphatic heterocycles. The van der Waals surface area contributed by atoms with Gasteiger partial charge in [-0.15, -0.1) is 0 Å². The van der Waals surface area contributed by atoms with Gasteiger partial charge in [0.05, 0.1) is 6.10 Å². The van der Waals surface area contributed by atoms with Gasteiger partial charge < -0.3 is 9.84 Å². The standard InChI is InChI=1S/C15H24O2/c1-4-17-9-5-6-15(16)11-14-10-12(2)7-8-13(14)3/h7-8,10,15-16H,4-6,9,11H2,1-3H3. The Morgan fingerprint density at radius 1 is 1.29 bits per heavy atom. The number of benzene rings is 1. The average molecular weight is 236 g/mol. The van der Waals surface area contributed by atoms with E-state index in [2.05, 4.69) is 32.0 Å². The number of rotatable bonds is 7. The largest absolute Gasteiger partial charge is 0.393 e. The van der Waals surface area contributed by atoms with Crippen molar-refractivity contribution < 1.29 is 9.84 Å². The van der Waals surface area contributed by atoms with E-state index in [1.807, 2.05) is 6.92 Å². The van der Waals surface area contributed by atoms with Gasteiger partial charge in [0.2, 0.25) is 0 Å². The van der Waals surface area contributed by atoms with Crippen molar-refractivity contribution in [1.82, 2.24) is 0 Å². The van der Waals surface area contributed by atoms with Crippen molar-refractivity contribution in [2.24, 2.45) is 0 Å². The van der Waals surface area contributed by atoms with Gasteiger partial charge in [0.1, 0.15) is 0 Å². The van der Waals surface area contributed by atoms with E-state index in [1.54, 1.807) is 0 Å². The van der Waals surface area contributed by atoms with Crippen molar-refractivity contribution in [1.29, 1.82) is 0 Å². The van der Waals surface area contributed by atoms with E-state index >= 15 is 0 Å². The van der Waals surface area contributed by atoms with E-state index < -0.39 is 0 Å². The summed E-state index contributed by atoms with van der Waals surface area (Å²) < 4.78 is 5.27. The molecule has 0 amide bonds. The highest BCUT2D eigenvalue weighted by atomic mass is 16.5. The summed E-state index contributed by atoms with van der Waals surface area (Å²) in [6, 6.07) is 6.40. The molecule has 0 aliphatic rings. The molecule has 0 saturated carbocycles. The van der Waals surface area contributed by atoms with Gasteiger partial charge in [0, 0.05) is 13.2 Å². The van der Waals surface area contributed by atoms with E-state index in [0.29, 0.717) is 0 Å². The zero-order valence-electron chi connectivity index (χ0n) is 11.2. The lowest BCUT2D eigenvalue weighted by molar-refractivity contribution is 0.114. The molecule has 0 fully saturated rings. The van der Waals surface area contributed by atoms with Crippen molar-refractivity contribution >= 4 is 0 Å². The number of aliphatic hydroxyl groups excluding tert-OH is 1. The molecule has 0 saturated heterocycles. The first kappa shape index (κ1) is 14.2. The molecular weight excluding hydrogens is 212 g/mol. The molecule has 0 aliphatic carbocycles. The first-order valence-electron chi connectivity index (χ1n) is 6.45. The summed E-state index contributed by atoms with van der Waals surface area (Å²) in [6.45, 7) is 7.69. The van der Waals surface area contributed by atoms with Gasteiger partial charge in [0.25, 0.3) is 0 Å². The monoisotopic (exact) mass is 236 g/mol. The Balaban J connectivity index is 2.39. The van der Waals surface area contributed by atoms with Crippen molar-refractivity contribution in [2.45, 2.75) is 46.1 Å². The lowest BCUT2D eigenvalue weighted by Crippen LogP contribution is -2.12. The van der Waals surface area contributed by atoms with Crippen LogP contribution in [-0.4, -0.2) is 24.4 Å². The van der Waals surface area contributed by atoms with E-state index in [1.165, 1.54) is 16.7 Å². The Labute approximate surface area is 105 Å². The van der Waals surface area contributed by atoms with Crippen LogP contribution in [0.5, 0.6) is 0 Å². The lowest BCUT2D eigenvalue weighted by atomic mass is 9.98. The van der Waals surface area contributed by atoms with Crippen LogP contribution in [0.25, 0.3) is 0 Å². The smallest absolute Gasteiger partial charge is 0.0581 e. The fraction of sp³-hybridized carbons (Fsp3) is 0.600. The molecule has 1 aromatic carbocycles. The van der Waals surface area contributed by atoms with Crippen LogP contribution in [0.3, 0.4) is 0 Å². The molecule has 1 unspecified atom stereocenters.